The number of anilines is 4. The first-order valence-corrected chi connectivity index (χ1v) is 13.0. The van der Waals surface area contributed by atoms with Crippen LogP contribution in [0.5, 0.6) is 0 Å². The number of pyridine rings is 1. The van der Waals surface area contributed by atoms with Gasteiger partial charge in [-0.25, -0.2) is 18.1 Å². The van der Waals surface area contributed by atoms with Gasteiger partial charge in [-0.2, -0.15) is 4.98 Å². The Morgan fingerprint density at radius 3 is 2.49 bits per heavy atom. The molecule has 0 atom stereocenters. The average Bonchev–Trinajstić information content (AvgIpc) is 3.73. The molecule has 178 valence electrons. The van der Waals surface area contributed by atoms with Gasteiger partial charge in [0.2, 0.25) is 16.0 Å². The molecule has 8 nitrogen and oxygen atoms in total. The second-order valence-corrected chi connectivity index (χ2v) is 10.7. The first-order valence-electron chi connectivity index (χ1n) is 11.1. The predicted molar refractivity (Wildman–Crippen MR) is 139 cm³/mol. The van der Waals surface area contributed by atoms with Crippen molar-refractivity contribution in [3.63, 3.8) is 0 Å². The van der Waals surface area contributed by atoms with E-state index in [1.54, 1.807) is 6.20 Å². The number of nitrogens with one attached hydrogen (secondary N) is 3. The highest BCUT2D eigenvalue weighted by atomic mass is 35.5. The third-order valence-corrected chi connectivity index (χ3v) is 7.68. The number of aromatic nitrogens is 3. The van der Waals surface area contributed by atoms with Gasteiger partial charge in [0.25, 0.3) is 0 Å². The third-order valence-electron chi connectivity index (χ3n) is 5.51. The van der Waals surface area contributed by atoms with Crippen LogP contribution in [0.15, 0.2) is 79.3 Å². The van der Waals surface area contributed by atoms with Gasteiger partial charge in [-0.15, -0.1) is 0 Å². The molecule has 0 spiro atoms. The Bertz CT molecular complexity index is 1430. The molecule has 0 aliphatic heterocycles. The van der Waals surface area contributed by atoms with Gasteiger partial charge in [0.1, 0.15) is 5.02 Å². The summed E-state index contributed by atoms with van der Waals surface area (Å²) < 4.78 is 26.9. The summed E-state index contributed by atoms with van der Waals surface area (Å²) in [5, 5.41) is 6.50. The van der Waals surface area contributed by atoms with Gasteiger partial charge in [0.15, 0.2) is 5.82 Å². The number of rotatable bonds is 9. The number of halogens is 1. The average molecular weight is 507 g/mol. The zero-order valence-corrected chi connectivity index (χ0v) is 20.2. The predicted octanol–water partition coefficient (Wildman–Crippen LogP) is 5.26. The fourth-order valence-electron chi connectivity index (χ4n) is 3.50. The minimum Gasteiger partial charge on any atom is -0.339 e. The molecule has 10 heteroatoms. The molecule has 0 saturated heterocycles. The van der Waals surface area contributed by atoms with Crippen LogP contribution in [0, 0.1) is 0 Å². The van der Waals surface area contributed by atoms with E-state index in [9.17, 15) is 8.42 Å². The van der Waals surface area contributed by atoms with Crippen LogP contribution in [0.3, 0.4) is 0 Å². The van der Waals surface area contributed by atoms with Crippen LogP contribution in [-0.4, -0.2) is 28.6 Å². The second kappa shape index (κ2) is 9.99. The lowest BCUT2D eigenvalue weighted by Crippen LogP contribution is -2.26. The number of hydrogen-bond acceptors (Lipinski definition) is 7. The molecule has 0 amide bonds. The molecule has 4 aromatic rings. The zero-order valence-electron chi connectivity index (χ0n) is 18.6. The van der Waals surface area contributed by atoms with E-state index >= 15 is 0 Å². The van der Waals surface area contributed by atoms with Crippen LogP contribution in [0.25, 0.3) is 11.1 Å². The molecule has 3 N–H and O–H groups in total. The van der Waals surface area contributed by atoms with Crippen molar-refractivity contribution in [1.29, 1.82) is 0 Å². The molecule has 1 fully saturated rings. The van der Waals surface area contributed by atoms with E-state index in [4.69, 9.17) is 11.6 Å². The summed E-state index contributed by atoms with van der Waals surface area (Å²) in [7, 11) is -3.24. The first kappa shape index (κ1) is 23.2. The Morgan fingerprint density at radius 1 is 0.914 bits per heavy atom. The number of sulfonamides is 1. The van der Waals surface area contributed by atoms with E-state index in [0.29, 0.717) is 16.8 Å². The van der Waals surface area contributed by atoms with E-state index in [2.05, 4.69) is 30.3 Å². The largest absolute Gasteiger partial charge is 0.339 e. The van der Waals surface area contributed by atoms with E-state index < -0.39 is 10.0 Å². The topological polar surface area (TPSA) is 109 Å². The third kappa shape index (κ3) is 5.94. The quantitative estimate of drug-likeness (QED) is 0.284. The van der Waals surface area contributed by atoms with Gasteiger partial charge < -0.3 is 10.6 Å². The van der Waals surface area contributed by atoms with Crippen molar-refractivity contribution >= 4 is 44.8 Å². The van der Waals surface area contributed by atoms with Crippen molar-refractivity contribution in [1.82, 2.24) is 19.7 Å². The standard InChI is InChI=1S/C25H23ClN6O2S/c26-23-16-28-25(31-20-8-6-18(7-9-20)19-4-2-12-27-15-19)32-24(23)30-21-5-1-3-17(13-21)14-29-35(33,34)22-10-11-22/h1-9,12-13,15-16,22,29H,10-11,14H2,(H2,28,30,31,32). The van der Waals surface area contributed by atoms with Gasteiger partial charge >= 0.3 is 0 Å². The van der Waals surface area contributed by atoms with Gasteiger partial charge in [-0.05, 0) is 59.9 Å². The second-order valence-electron chi connectivity index (χ2n) is 8.23. The SMILES string of the molecule is O=S(=O)(NCc1cccc(Nc2nc(Nc3ccc(-c4cccnc4)cc3)ncc2Cl)c1)C1CC1. The highest BCUT2D eigenvalue weighted by Crippen LogP contribution is 2.28. The first-order chi connectivity index (χ1) is 17.0. The maximum absolute atomic E-state index is 12.1. The fourth-order valence-corrected chi connectivity index (χ4v) is 5.00. The van der Waals surface area contributed by atoms with Crippen LogP contribution in [0.1, 0.15) is 18.4 Å². The maximum atomic E-state index is 12.1. The van der Waals surface area contributed by atoms with Gasteiger partial charge in [-0.1, -0.05) is 41.9 Å². The summed E-state index contributed by atoms with van der Waals surface area (Å²) in [6.45, 7) is 0.230. The Hall–Kier alpha value is -3.53. The molecule has 1 aliphatic rings. The monoisotopic (exact) mass is 506 g/mol. The highest BCUT2D eigenvalue weighted by molar-refractivity contribution is 7.90. The molecule has 2 heterocycles. The van der Waals surface area contributed by atoms with Gasteiger partial charge in [-0.3, -0.25) is 4.98 Å². The minimum atomic E-state index is -3.24. The molecule has 0 radical (unpaired) electrons. The van der Waals surface area contributed by atoms with Crippen molar-refractivity contribution in [3.05, 3.63) is 89.8 Å². The summed E-state index contributed by atoms with van der Waals surface area (Å²) in [6, 6.07) is 19.2. The van der Waals surface area contributed by atoms with Crippen molar-refractivity contribution in [2.45, 2.75) is 24.6 Å². The lowest BCUT2D eigenvalue weighted by molar-refractivity contribution is 0.580. The van der Waals surface area contributed by atoms with Crippen LogP contribution >= 0.6 is 11.6 Å². The Kier molecular flexibility index (Phi) is 6.63. The van der Waals surface area contributed by atoms with Crippen LogP contribution < -0.4 is 15.4 Å². The van der Waals surface area contributed by atoms with E-state index in [1.807, 2.05) is 66.9 Å². The molecule has 1 aliphatic carbocycles. The van der Waals surface area contributed by atoms with E-state index in [-0.39, 0.29) is 11.8 Å². The smallest absolute Gasteiger partial charge is 0.229 e. The molecule has 1 saturated carbocycles. The molecule has 2 aromatic carbocycles. The van der Waals surface area contributed by atoms with Crippen molar-refractivity contribution in [2.24, 2.45) is 0 Å². The summed E-state index contributed by atoms with van der Waals surface area (Å²) >= 11 is 6.33. The van der Waals surface area contributed by atoms with Crippen molar-refractivity contribution < 1.29 is 8.42 Å². The van der Waals surface area contributed by atoms with Crippen LogP contribution in [0.2, 0.25) is 5.02 Å². The van der Waals surface area contributed by atoms with Gasteiger partial charge in [0, 0.05) is 30.3 Å². The molecule has 0 unspecified atom stereocenters. The molecule has 5 rings (SSSR count). The number of hydrogen-bond donors (Lipinski definition) is 3. The molecule has 35 heavy (non-hydrogen) atoms. The maximum Gasteiger partial charge on any atom is 0.229 e. The molecular formula is C25H23ClN6O2S. The Balaban J connectivity index is 1.26. The summed E-state index contributed by atoms with van der Waals surface area (Å²) in [5.74, 6) is 0.825. The summed E-state index contributed by atoms with van der Waals surface area (Å²) in [4.78, 5) is 12.9. The van der Waals surface area contributed by atoms with Crippen LogP contribution in [0.4, 0.5) is 23.1 Å². The van der Waals surface area contributed by atoms with Crippen LogP contribution in [-0.2, 0) is 16.6 Å². The van der Waals surface area contributed by atoms with E-state index in [1.165, 1.54) is 6.20 Å². The normalized spacial score (nSPS) is 13.4. The summed E-state index contributed by atoms with van der Waals surface area (Å²) in [5.41, 5.74) is 4.49. The summed E-state index contributed by atoms with van der Waals surface area (Å²) in [6.07, 6.45) is 6.55. The number of nitrogens with zero attached hydrogens (tertiary/aromatic N) is 3. The highest BCUT2D eigenvalue weighted by Gasteiger charge is 2.35. The Morgan fingerprint density at radius 2 is 1.74 bits per heavy atom. The fraction of sp³-hybridized carbons (Fsp3) is 0.160. The molecule has 2 aromatic heterocycles. The lowest BCUT2D eigenvalue weighted by atomic mass is 10.1. The van der Waals surface area contributed by atoms with Crippen molar-refractivity contribution in [3.8, 4) is 11.1 Å². The Labute approximate surface area is 208 Å². The number of benzene rings is 2. The van der Waals surface area contributed by atoms with Gasteiger partial charge in [0.05, 0.1) is 11.4 Å². The minimum absolute atomic E-state index is 0.230. The molecule has 0 bridgehead atoms. The molecular weight excluding hydrogens is 484 g/mol. The zero-order chi connectivity index (χ0) is 24.3. The van der Waals surface area contributed by atoms with Crippen molar-refractivity contribution in [2.75, 3.05) is 10.6 Å². The van der Waals surface area contributed by atoms with E-state index in [0.717, 1.165) is 40.9 Å². The lowest BCUT2D eigenvalue weighted by Gasteiger charge is -2.12.